The summed E-state index contributed by atoms with van der Waals surface area (Å²) in [6.07, 6.45) is 6.64. The number of Topliss-reactive ketones (excluding diaryl/α,β-unsaturated/α-hetero) is 1. The molecule has 116 valence electrons. The summed E-state index contributed by atoms with van der Waals surface area (Å²) in [6.45, 7) is 1.50. The summed E-state index contributed by atoms with van der Waals surface area (Å²) in [7, 11) is 0. The molecule has 23 heavy (non-hydrogen) atoms. The van der Waals surface area contributed by atoms with E-state index in [1.165, 1.54) is 11.8 Å². The van der Waals surface area contributed by atoms with Crippen LogP contribution in [0.5, 0.6) is 0 Å². The molecule has 3 fully saturated rings. The molecule has 1 saturated heterocycles. The summed E-state index contributed by atoms with van der Waals surface area (Å²) >= 11 is 0. The first-order chi connectivity index (χ1) is 11.0. The van der Waals surface area contributed by atoms with E-state index in [4.69, 9.17) is 0 Å². The zero-order valence-electron chi connectivity index (χ0n) is 12.9. The first-order valence-corrected chi connectivity index (χ1v) is 8.22. The van der Waals surface area contributed by atoms with Gasteiger partial charge in [0.1, 0.15) is 0 Å². The van der Waals surface area contributed by atoms with Crippen molar-refractivity contribution in [2.45, 2.75) is 19.8 Å². The van der Waals surface area contributed by atoms with Gasteiger partial charge in [0.25, 0.3) is 0 Å². The van der Waals surface area contributed by atoms with Gasteiger partial charge in [0.05, 0.1) is 17.5 Å². The number of imide groups is 1. The fraction of sp³-hybridized carbons (Fsp3) is 0.421. The Morgan fingerprint density at radius 3 is 1.96 bits per heavy atom. The third-order valence-electron chi connectivity index (χ3n) is 6.38. The molecule has 4 nitrogen and oxygen atoms in total. The number of hydrogen-bond donors (Lipinski definition) is 0. The Kier molecular flexibility index (Phi) is 2.30. The van der Waals surface area contributed by atoms with E-state index in [-0.39, 0.29) is 46.7 Å². The summed E-state index contributed by atoms with van der Waals surface area (Å²) in [5.41, 5.74) is 1.40. The lowest BCUT2D eigenvalue weighted by Gasteiger charge is -2.21. The van der Waals surface area contributed by atoms with Gasteiger partial charge in [0.2, 0.25) is 11.8 Å². The highest BCUT2D eigenvalue weighted by Gasteiger charge is 2.73. The van der Waals surface area contributed by atoms with Crippen molar-refractivity contribution in [1.82, 2.24) is 0 Å². The van der Waals surface area contributed by atoms with Crippen molar-refractivity contribution in [2.24, 2.45) is 29.1 Å². The minimum atomic E-state index is -0.174. The molecule has 0 aromatic heterocycles. The second kappa shape index (κ2) is 3.99. The first-order valence-electron chi connectivity index (χ1n) is 8.22. The van der Waals surface area contributed by atoms with Crippen molar-refractivity contribution in [1.29, 1.82) is 0 Å². The van der Waals surface area contributed by atoms with Crippen LogP contribution in [-0.4, -0.2) is 17.6 Å². The van der Waals surface area contributed by atoms with E-state index in [0.717, 1.165) is 12.8 Å². The van der Waals surface area contributed by atoms with Gasteiger partial charge in [-0.2, -0.15) is 0 Å². The molecule has 2 amide bonds. The minimum absolute atomic E-state index is 0.0228. The average molecular weight is 307 g/mol. The van der Waals surface area contributed by atoms with Crippen molar-refractivity contribution >= 4 is 23.3 Å². The van der Waals surface area contributed by atoms with E-state index >= 15 is 0 Å². The second-order valence-electron chi connectivity index (χ2n) is 7.34. The van der Waals surface area contributed by atoms with Gasteiger partial charge in [0.15, 0.2) is 5.78 Å². The molecule has 4 atom stereocenters. The maximum atomic E-state index is 12.9. The predicted octanol–water partition coefficient (Wildman–Crippen LogP) is 2.59. The molecule has 0 radical (unpaired) electrons. The fourth-order valence-electron chi connectivity index (χ4n) is 5.18. The summed E-state index contributed by atoms with van der Waals surface area (Å²) in [4.78, 5) is 38.6. The average Bonchev–Trinajstić information content (AvgIpc) is 3.13. The number of carbonyl (C=O) groups is 3. The molecule has 1 spiro atoms. The van der Waals surface area contributed by atoms with Crippen molar-refractivity contribution in [3.63, 3.8) is 0 Å². The lowest BCUT2D eigenvalue weighted by molar-refractivity contribution is -0.123. The van der Waals surface area contributed by atoms with Crippen molar-refractivity contribution < 1.29 is 14.4 Å². The Bertz CT molecular complexity index is 753. The van der Waals surface area contributed by atoms with Crippen LogP contribution in [0.25, 0.3) is 0 Å². The van der Waals surface area contributed by atoms with Crippen LogP contribution in [0.1, 0.15) is 30.1 Å². The Morgan fingerprint density at radius 1 is 1.00 bits per heavy atom. The van der Waals surface area contributed by atoms with Crippen LogP contribution in [0.2, 0.25) is 0 Å². The standard InChI is InChI=1S/C19H17NO3/c1-10(21)11-2-4-12(5-3-11)20-17(22)15-13-6-7-14(16(15)18(20)23)19(13)8-9-19/h2-7,13-16H,8-9H2,1H3/t13-,14-,15+,16+/m1/s1. The highest BCUT2D eigenvalue weighted by Crippen LogP contribution is 2.73. The van der Waals surface area contributed by atoms with Gasteiger partial charge in [-0.25, -0.2) is 0 Å². The molecule has 0 unspecified atom stereocenters. The van der Waals surface area contributed by atoms with E-state index in [2.05, 4.69) is 12.2 Å². The zero-order valence-corrected chi connectivity index (χ0v) is 12.9. The molecule has 5 rings (SSSR count). The molecule has 1 heterocycles. The topological polar surface area (TPSA) is 54.5 Å². The monoisotopic (exact) mass is 307 g/mol. The normalized spacial score (nSPS) is 35.3. The summed E-state index contributed by atoms with van der Waals surface area (Å²) in [5.74, 6) is 0.00802. The van der Waals surface area contributed by atoms with Crippen molar-refractivity contribution in [2.75, 3.05) is 4.90 Å². The number of anilines is 1. The molecular weight excluding hydrogens is 290 g/mol. The van der Waals surface area contributed by atoms with Crippen LogP contribution in [0, 0.1) is 29.1 Å². The molecule has 4 heteroatoms. The molecular formula is C19H17NO3. The lowest BCUT2D eigenvalue weighted by Crippen LogP contribution is -2.34. The van der Waals surface area contributed by atoms with Crippen molar-refractivity contribution in [3.8, 4) is 0 Å². The van der Waals surface area contributed by atoms with E-state index in [1.54, 1.807) is 24.3 Å². The SMILES string of the molecule is CC(=O)c1ccc(N2C(=O)[C@@H]3[C@@H](C2=O)[C@H]2C=C[C@H]3C23CC3)cc1. The Hall–Kier alpha value is -2.23. The van der Waals surface area contributed by atoms with Crippen LogP contribution >= 0.6 is 0 Å². The number of allylic oxidation sites excluding steroid dienone is 2. The molecule has 4 aliphatic rings. The van der Waals surface area contributed by atoms with Crippen LogP contribution in [0.4, 0.5) is 5.69 Å². The van der Waals surface area contributed by atoms with Crippen LogP contribution in [0.3, 0.4) is 0 Å². The van der Waals surface area contributed by atoms with Gasteiger partial charge < -0.3 is 0 Å². The van der Waals surface area contributed by atoms with Crippen molar-refractivity contribution in [3.05, 3.63) is 42.0 Å². The highest BCUT2D eigenvalue weighted by molar-refractivity contribution is 6.23. The molecule has 3 aliphatic carbocycles. The van der Waals surface area contributed by atoms with Crippen LogP contribution in [0.15, 0.2) is 36.4 Å². The molecule has 1 aromatic carbocycles. The summed E-state index contributed by atoms with van der Waals surface area (Å²) < 4.78 is 0. The number of ketones is 1. The lowest BCUT2D eigenvalue weighted by atomic mass is 9.85. The number of carbonyl (C=O) groups excluding carboxylic acids is 3. The van der Waals surface area contributed by atoms with E-state index in [9.17, 15) is 14.4 Å². The van der Waals surface area contributed by atoms with Gasteiger partial charge in [-0.1, -0.05) is 12.2 Å². The molecule has 1 aliphatic heterocycles. The zero-order chi connectivity index (χ0) is 15.9. The highest BCUT2D eigenvalue weighted by atomic mass is 16.2. The summed E-state index contributed by atoms with van der Waals surface area (Å²) in [5, 5.41) is 0. The van der Waals surface area contributed by atoms with Crippen LogP contribution in [-0.2, 0) is 9.59 Å². The van der Waals surface area contributed by atoms with E-state index in [1.807, 2.05) is 0 Å². The third-order valence-corrected chi connectivity index (χ3v) is 6.38. The van der Waals surface area contributed by atoms with E-state index < -0.39 is 0 Å². The molecule has 2 bridgehead atoms. The Balaban J connectivity index is 1.52. The maximum Gasteiger partial charge on any atom is 0.238 e. The number of fused-ring (bicyclic) bond motifs is 3. The number of hydrogen-bond acceptors (Lipinski definition) is 3. The smallest absolute Gasteiger partial charge is 0.238 e. The van der Waals surface area contributed by atoms with Gasteiger partial charge in [0, 0.05) is 5.56 Å². The Morgan fingerprint density at radius 2 is 1.52 bits per heavy atom. The molecule has 2 saturated carbocycles. The number of rotatable bonds is 2. The van der Waals surface area contributed by atoms with E-state index in [0.29, 0.717) is 11.3 Å². The molecule has 1 aromatic rings. The fourth-order valence-corrected chi connectivity index (χ4v) is 5.18. The maximum absolute atomic E-state index is 12.9. The van der Waals surface area contributed by atoms with Crippen LogP contribution < -0.4 is 4.90 Å². The van der Waals surface area contributed by atoms with Gasteiger partial charge >= 0.3 is 0 Å². The second-order valence-corrected chi connectivity index (χ2v) is 7.34. The summed E-state index contributed by atoms with van der Waals surface area (Å²) in [6, 6.07) is 6.77. The number of benzene rings is 1. The van der Waals surface area contributed by atoms with Gasteiger partial charge in [-0.15, -0.1) is 0 Å². The number of amides is 2. The van der Waals surface area contributed by atoms with Gasteiger partial charge in [-0.3, -0.25) is 19.3 Å². The van der Waals surface area contributed by atoms with Gasteiger partial charge in [-0.05, 0) is 61.3 Å². The minimum Gasteiger partial charge on any atom is -0.295 e. The quantitative estimate of drug-likeness (QED) is 0.479. The predicted molar refractivity (Wildman–Crippen MR) is 83.7 cm³/mol. The number of nitrogens with zero attached hydrogens (tertiary/aromatic N) is 1. The third kappa shape index (κ3) is 1.44. The first kappa shape index (κ1) is 13.2. The Labute approximate surface area is 134 Å². The largest absolute Gasteiger partial charge is 0.295 e. The molecule has 0 N–H and O–H groups in total.